The fourth-order valence-electron chi connectivity index (χ4n) is 1.77. The minimum Gasteiger partial charge on any atom is -0.326 e. The summed E-state index contributed by atoms with van der Waals surface area (Å²) in [6.07, 6.45) is 0. The van der Waals surface area contributed by atoms with Gasteiger partial charge in [0.25, 0.3) is 0 Å². The second-order valence-corrected chi connectivity index (χ2v) is 7.38. The van der Waals surface area contributed by atoms with Crippen molar-refractivity contribution in [3.63, 3.8) is 0 Å². The fourth-order valence-corrected chi connectivity index (χ4v) is 3.75. The minimum atomic E-state index is -3.70. The van der Waals surface area contributed by atoms with Gasteiger partial charge < -0.3 is 5.73 Å². The van der Waals surface area contributed by atoms with Crippen LogP contribution in [0.15, 0.2) is 51.8 Å². The molecule has 0 radical (unpaired) electrons. The normalized spacial score (nSPS) is 11.6. The molecule has 21 heavy (non-hydrogen) atoms. The minimum absolute atomic E-state index is 0.0409. The number of nitrogens with two attached hydrogens (primary N) is 1. The average molecular weight is 390 g/mol. The molecule has 7 heteroatoms. The van der Waals surface area contributed by atoms with Crippen molar-refractivity contribution in [2.75, 3.05) is 0 Å². The molecule has 0 unspecified atom stereocenters. The Morgan fingerprint density at radius 2 is 1.90 bits per heavy atom. The molecule has 0 aliphatic carbocycles. The number of rotatable bonds is 5. The first-order valence-electron chi connectivity index (χ1n) is 6.15. The van der Waals surface area contributed by atoms with Gasteiger partial charge in [0.15, 0.2) is 0 Å². The van der Waals surface area contributed by atoms with Gasteiger partial charge in [0.05, 0.1) is 5.02 Å². The van der Waals surface area contributed by atoms with Gasteiger partial charge >= 0.3 is 0 Å². The van der Waals surface area contributed by atoms with Gasteiger partial charge in [-0.05, 0) is 29.3 Å². The number of hydrogen-bond acceptors (Lipinski definition) is 3. The smallest absolute Gasteiger partial charge is 0.242 e. The van der Waals surface area contributed by atoms with Gasteiger partial charge in [-0.15, -0.1) is 0 Å². The lowest BCUT2D eigenvalue weighted by Gasteiger charge is -2.10. The van der Waals surface area contributed by atoms with Crippen molar-refractivity contribution in [2.45, 2.75) is 18.0 Å². The summed E-state index contributed by atoms with van der Waals surface area (Å²) in [7, 11) is -3.70. The lowest BCUT2D eigenvalue weighted by Crippen LogP contribution is -2.24. The third-order valence-electron chi connectivity index (χ3n) is 2.93. The number of hydrogen-bond donors (Lipinski definition) is 2. The second-order valence-electron chi connectivity index (χ2n) is 4.38. The van der Waals surface area contributed by atoms with E-state index in [9.17, 15) is 8.42 Å². The lowest BCUT2D eigenvalue weighted by molar-refractivity contribution is 0.581. The highest BCUT2D eigenvalue weighted by Gasteiger charge is 2.18. The molecular formula is C14H14BrClN2O2S. The van der Waals surface area contributed by atoms with Crippen LogP contribution in [0.1, 0.15) is 11.1 Å². The molecule has 0 bridgehead atoms. The highest BCUT2D eigenvalue weighted by Crippen LogP contribution is 2.23. The van der Waals surface area contributed by atoms with Gasteiger partial charge in [-0.1, -0.05) is 51.8 Å². The van der Waals surface area contributed by atoms with Crippen molar-refractivity contribution >= 4 is 37.6 Å². The summed E-state index contributed by atoms with van der Waals surface area (Å²) in [5.74, 6) is 0. The molecule has 4 nitrogen and oxygen atoms in total. The largest absolute Gasteiger partial charge is 0.326 e. The van der Waals surface area contributed by atoms with Gasteiger partial charge in [0.2, 0.25) is 10.0 Å². The summed E-state index contributed by atoms with van der Waals surface area (Å²) in [4.78, 5) is 0.0409. The van der Waals surface area contributed by atoms with Crippen LogP contribution in [0.5, 0.6) is 0 Å². The van der Waals surface area contributed by atoms with Gasteiger partial charge in [-0.25, -0.2) is 13.1 Å². The summed E-state index contributed by atoms with van der Waals surface area (Å²) in [6.45, 7) is 0.427. The van der Waals surface area contributed by atoms with Gasteiger partial charge in [-0.2, -0.15) is 0 Å². The molecule has 0 heterocycles. The van der Waals surface area contributed by atoms with E-state index in [2.05, 4.69) is 20.7 Å². The van der Waals surface area contributed by atoms with Crippen LogP contribution in [0, 0.1) is 0 Å². The zero-order chi connectivity index (χ0) is 15.5. The molecular weight excluding hydrogens is 376 g/mol. The van der Waals surface area contributed by atoms with E-state index in [1.165, 1.54) is 12.1 Å². The third-order valence-corrected chi connectivity index (χ3v) is 5.59. The number of halogens is 2. The van der Waals surface area contributed by atoms with E-state index < -0.39 is 10.0 Å². The zero-order valence-corrected chi connectivity index (χ0v) is 14.2. The van der Waals surface area contributed by atoms with Crippen LogP contribution >= 0.6 is 27.5 Å². The van der Waals surface area contributed by atoms with E-state index in [4.69, 9.17) is 17.3 Å². The number of sulfonamides is 1. The quantitative estimate of drug-likeness (QED) is 0.825. The Bertz CT molecular complexity index is 750. The van der Waals surface area contributed by atoms with E-state index >= 15 is 0 Å². The van der Waals surface area contributed by atoms with E-state index in [1.807, 2.05) is 24.3 Å². The van der Waals surface area contributed by atoms with Crippen molar-refractivity contribution in [3.8, 4) is 0 Å². The molecule has 0 fully saturated rings. The zero-order valence-electron chi connectivity index (χ0n) is 11.0. The maximum absolute atomic E-state index is 12.4. The molecule has 2 rings (SSSR count). The fraction of sp³-hybridized carbons (Fsp3) is 0.143. The first kappa shape index (κ1) is 16.5. The van der Waals surface area contributed by atoms with Crippen molar-refractivity contribution in [3.05, 3.63) is 63.1 Å². The predicted octanol–water partition coefficient (Wildman–Crippen LogP) is 3.04. The van der Waals surface area contributed by atoms with Crippen molar-refractivity contribution < 1.29 is 8.42 Å². The highest BCUT2D eigenvalue weighted by molar-refractivity contribution is 9.10. The van der Waals surface area contributed by atoms with Crippen LogP contribution in [-0.4, -0.2) is 8.42 Å². The Morgan fingerprint density at radius 1 is 1.19 bits per heavy atom. The molecule has 0 aliphatic rings. The van der Waals surface area contributed by atoms with Crippen LogP contribution in [0.4, 0.5) is 0 Å². The van der Waals surface area contributed by atoms with Crippen LogP contribution in [0.2, 0.25) is 5.02 Å². The summed E-state index contributed by atoms with van der Waals surface area (Å²) < 4.78 is 28.1. The molecule has 2 aromatic carbocycles. The lowest BCUT2D eigenvalue weighted by atomic mass is 10.2. The summed E-state index contributed by atoms with van der Waals surface area (Å²) in [5, 5.41) is 0.173. The van der Waals surface area contributed by atoms with Crippen LogP contribution in [0.25, 0.3) is 0 Å². The Kier molecular flexibility index (Phi) is 5.40. The SMILES string of the molecule is NCc1ccc(Cl)c(S(=O)(=O)NCc2ccccc2Br)c1. The predicted molar refractivity (Wildman–Crippen MR) is 87.5 cm³/mol. The Labute approximate surface area is 137 Å². The van der Waals surface area contributed by atoms with Gasteiger partial charge in [0, 0.05) is 17.6 Å². The molecule has 0 amide bonds. The standard InChI is InChI=1S/C14H14BrClN2O2S/c15-12-4-2-1-3-11(12)9-18-21(19,20)14-7-10(8-17)5-6-13(14)16/h1-7,18H,8-9,17H2. The Balaban J connectivity index is 2.25. The van der Waals surface area contributed by atoms with Crippen molar-refractivity contribution in [1.82, 2.24) is 4.72 Å². The third kappa shape index (κ3) is 4.05. The van der Waals surface area contributed by atoms with E-state index in [-0.39, 0.29) is 23.0 Å². The van der Waals surface area contributed by atoms with Gasteiger partial charge in [-0.3, -0.25) is 0 Å². The summed E-state index contributed by atoms with van der Waals surface area (Å²) in [6, 6.07) is 12.1. The Morgan fingerprint density at radius 3 is 2.57 bits per heavy atom. The molecule has 112 valence electrons. The molecule has 0 saturated heterocycles. The van der Waals surface area contributed by atoms with Gasteiger partial charge in [0.1, 0.15) is 4.90 Å². The first-order chi connectivity index (χ1) is 9.94. The monoisotopic (exact) mass is 388 g/mol. The summed E-state index contributed by atoms with van der Waals surface area (Å²) >= 11 is 9.36. The topological polar surface area (TPSA) is 72.2 Å². The Hall–Kier alpha value is -0.920. The van der Waals surface area contributed by atoms with E-state index in [0.717, 1.165) is 10.0 Å². The van der Waals surface area contributed by atoms with Crippen molar-refractivity contribution in [2.24, 2.45) is 5.73 Å². The van der Waals surface area contributed by atoms with Crippen LogP contribution in [-0.2, 0) is 23.1 Å². The van der Waals surface area contributed by atoms with E-state index in [1.54, 1.807) is 6.07 Å². The summed E-state index contributed by atoms with van der Waals surface area (Å²) in [5.41, 5.74) is 7.08. The number of nitrogens with one attached hydrogen (secondary N) is 1. The maximum atomic E-state index is 12.4. The first-order valence-corrected chi connectivity index (χ1v) is 8.81. The molecule has 0 aliphatic heterocycles. The molecule has 0 saturated carbocycles. The molecule has 0 spiro atoms. The highest BCUT2D eigenvalue weighted by atomic mass is 79.9. The maximum Gasteiger partial charge on any atom is 0.242 e. The molecule has 0 aromatic heterocycles. The second kappa shape index (κ2) is 6.89. The molecule has 2 aromatic rings. The average Bonchev–Trinajstić information content (AvgIpc) is 2.47. The van der Waals surface area contributed by atoms with Crippen molar-refractivity contribution in [1.29, 1.82) is 0 Å². The van der Waals surface area contributed by atoms with E-state index in [0.29, 0.717) is 5.56 Å². The van der Waals surface area contributed by atoms with Crippen LogP contribution < -0.4 is 10.5 Å². The molecule has 3 N–H and O–H groups in total. The number of benzene rings is 2. The van der Waals surface area contributed by atoms with Crippen LogP contribution in [0.3, 0.4) is 0 Å². The molecule has 0 atom stereocenters.